The number of nitrogens with one attached hydrogen (secondary N) is 1. The first-order valence-electron chi connectivity index (χ1n) is 10.3. The van der Waals surface area contributed by atoms with Crippen LogP contribution in [0.3, 0.4) is 0 Å². The number of hydrogen-bond donors (Lipinski definition) is 1. The molecule has 1 fully saturated rings. The maximum atomic E-state index is 13.3. The summed E-state index contributed by atoms with van der Waals surface area (Å²) >= 11 is 1.24. The number of amides is 2. The minimum Gasteiger partial charge on any atom is -0.497 e. The molecular weight excluding hydrogens is 441 g/mol. The maximum absolute atomic E-state index is 13.3. The van der Waals surface area contributed by atoms with Crippen molar-refractivity contribution in [2.24, 2.45) is 4.99 Å². The Bertz CT molecular complexity index is 1150. The minimum atomic E-state index is -0.633. The zero-order chi connectivity index (χ0) is 23.2. The number of methoxy groups -OCH3 is 1. The number of para-hydroxylation sites is 1. The molecule has 1 N–H and O–H groups in total. The lowest BCUT2D eigenvalue weighted by Crippen LogP contribution is -2.44. The van der Waals surface area contributed by atoms with Crippen molar-refractivity contribution in [3.05, 3.63) is 90.2 Å². The zero-order valence-corrected chi connectivity index (χ0v) is 18.7. The van der Waals surface area contributed by atoms with Crippen molar-refractivity contribution < 1.29 is 18.7 Å². The van der Waals surface area contributed by atoms with E-state index in [4.69, 9.17) is 4.74 Å². The van der Waals surface area contributed by atoms with E-state index < -0.39 is 5.25 Å². The van der Waals surface area contributed by atoms with Crippen LogP contribution in [0, 0.1) is 5.82 Å². The van der Waals surface area contributed by atoms with Crippen LogP contribution in [0.1, 0.15) is 12.0 Å². The van der Waals surface area contributed by atoms with Crippen LogP contribution in [-0.4, -0.2) is 34.2 Å². The van der Waals surface area contributed by atoms with Gasteiger partial charge in [-0.15, -0.1) is 0 Å². The topological polar surface area (TPSA) is 71.0 Å². The number of nitrogens with zero attached hydrogens (tertiary/aromatic N) is 2. The van der Waals surface area contributed by atoms with Crippen molar-refractivity contribution in [2.75, 3.05) is 12.4 Å². The van der Waals surface area contributed by atoms with Crippen molar-refractivity contribution in [3.8, 4) is 5.75 Å². The number of amidine groups is 1. The number of rotatable bonds is 6. The summed E-state index contributed by atoms with van der Waals surface area (Å²) < 4.78 is 18.4. The fraction of sp³-hybridized carbons (Fsp3) is 0.160. The molecule has 1 saturated heterocycles. The van der Waals surface area contributed by atoms with E-state index >= 15 is 0 Å². The van der Waals surface area contributed by atoms with E-state index in [9.17, 15) is 14.0 Å². The summed E-state index contributed by atoms with van der Waals surface area (Å²) in [4.78, 5) is 32.2. The summed E-state index contributed by atoms with van der Waals surface area (Å²) in [6.45, 7) is 0.241. The molecule has 1 atom stereocenters. The summed E-state index contributed by atoms with van der Waals surface area (Å²) in [5.41, 5.74) is 2.06. The molecule has 3 aromatic rings. The molecule has 0 spiro atoms. The normalized spacial score (nSPS) is 17.2. The summed E-state index contributed by atoms with van der Waals surface area (Å²) in [5.74, 6) is -0.154. The van der Waals surface area contributed by atoms with Gasteiger partial charge in [-0.25, -0.2) is 9.38 Å². The summed E-state index contributed by atoms with van der Waals surface area (Å²) in [5, 5.41) is 2.65. The van der Waals surface area contributed by atoms with E-state index in [1.807, 2.05) is 30.3 Å². The average molecular weight is 464 g/mol. The fourth-order valence-electron chi connectivity index (χ4n) is 3.28. The molecule has 0 aromatic heterocycles. The predicted molar refractivity (Wildman–Crippen MR) is 128 cm³/mol. The second kappa shape index (κ2) is 10.3. The second-order valence-corrected chi connectivity index (χ2v) is 8.53. The van der Waals surface area contributed by atoms with Gasteiger partial charge in [-0.05, 0) is 54.1 Å². The maximum Gasteiger partial charge on any atom is 0.238 e. The van der Waals surface area contributed by atoms with Crippen LogP contribution in [-0.2, 0) is 16.1 Å². The third-order valence-electron chi connectivity index (χ3n) is 5.02. The molecule has 0 radical (unpaired) electrons. The van der Waals surface area contributed by atoms with Gasteiger partial charge in [-0.1, -0.05) is 42.1 Å². The van der Waals surface area contributed by atoms with Gasteiger partial charge in [0.2, 0.25) is 11.8 Å². The van der Waals surface area contributed by atoms with E-state index in [0.29, 0.717) is 22.3 Å². The van der Waals surface area contributed by atoms with Gasteiger partial charge in [-0.3, -0.25) is 14.5 Å². The van der Waals surface area contributed by atoms with Crippen LogP contribution >= 0.6 is 11.8 Å². The van der Waals surface area contributed by atoms with E-state index in [0.717, 1.165) is 5.56 Å². The smallest absolute Gasteiger partial charge is 0.238 e. The summed E-state index contributed by atoms with van der Waals surface area (Å²) in [7, 11) is 1.57. The highest BCUT2D eigenvalue weighted by molar-refractivity contribution is 8.15. The zero-order valence-electron chi connectivity index (χ0n) is 17.9. The lowest BCUT2D eigenvalue weighted by atomic mass is 10.2. The van der Waals surface area contributed by atoms with Crippen molar-refractivity contribution >= 4 is 40.1 Å². The van der Waals surface area contributed by atoms with Crippen LogP contribution < -0.4 is 10.1 Å². The van der Waals surface area contributed by atoms with Crippen LogP contribution in [0.5, 0.6) is 5.75 Å². The Hall–Kier alpha value is -3.65. The highest BCUT2D eigenvalue weighted by atomic mass is 32.2. The Morgan fingerprint density at radius 3 is 2.45 bits per heavy atom. The lowest BCUT2D eigenvalue weighted by Gasteiger charge is -2.32. The van der Waals surface area contributed by atoms with E-state index in [1.165, 1.54) is 23.9 Å². The van der Waals surface area contributed by atoms with E-state index in [-0.39, 0.29) is 30.6 Å². The molecule has 0 bridgehead atoms. The van der Waals surface area contributed by atoms with Gasteiger partial charge in [0.15, 0.2) is 5.17 Å². The molecule has 1 aliphatic rings. The largest absolute Gasteiger partial charge is 0.497 e. The van der Waals surface area contributed by atoms with Gasteiger partial charge in [0.25, 0.3) is 0 Å². The number of carbonyl (C=O) groups is 2. The Kier molecular flexibility index (Phi) is 7.04. The first-order chi connectivity index (χ1) is 16.0. The number of carbonyl (C=O) groups excluding carboxylic acids is 2. The van der Waals surface area contributed by atoms with E-state index in [1.54, 1.807) is 48.4 Å². The van der Waals surface area contributed by atoms with Gasteiger partial charge in [-0.2, -0.15) is 0 Å². The molecule has 1 unspecified atom stereocenters. The molecule has 1 heterocycles. The number of anilines is 1. The van der Waals surface area contributed by atoms with Crippen LogP contribution in [0.25, 0.3) is 0 Å². The SMILES string of the molecule is COc1ccc(NC(=O)C2CC(=O)N(Cc3ccc(F)cc3)C(=Nc3ccccc3)S2)cc1. The Balaban J connectivity index is 1.56. The third kappa shape index (κ3) is 5.78. The fourth-order valence-corrected chi connectivity index (χ4v) is 4.38. The molecule has 33 heavy (non-hydrogen) atoms. The average Bonchev–Trinajstić information content (AvgIpc) is 2.83. The Morgan fingerprint density at radius 2 is 1.79 bits per heavy atom. The standard InChI is InChI=1S/C25H22FN3O3S/c1-32-21-13-11-20(12-14-21)27-24(31)22-15-23(30)29(16-17-7-9-18(26)10-8-17)25(33-22)28-19-5-3-2-4-6-19/h2-14,22H,15-16H2,1H3,(H,27,31). The molecule has 0 saturated carbocycles. The van der Waals surface area contributed by atoms with E-state index in [2.05, 4.69) is 10.3 Å². The van der Waals surface area contributed by atoms with Gasteiger partial charge >= 0.3 is 0 Å². The quantitative estimate of drug-likeness (QED) is 0.559. The molecular formula is C25H22FN3O3S. The molecule has 8 heteroatoms. The molecule has 3 aromatic carbocycles. The van der Waals surface area contributed by atoms with Gasteiger partial charge < -0.3 is 10.1 Å². The minimum absolute atomic E-state index is 0.0294. The first kappa shape index (κ1) is 22.5. The van der Waals surface area contributed by atoms with Crippen LogP contribution in [0.4, 0.5) is 15.8 Å². The molecule has 0 aliphatic carbocycles. The number of halogens is 1. The molecule has 168 valence electrons. The summed E-state index contributed by atoms with van der Waals surface area (Å²) in [6.07, 6.45) is 0.0294. The highest BCUT2D eigenvalue weighted by Crippen LogP contribution is 2.31. The van der Waals surface area contributed by atoms with Crippen molar-refractivity contribution in [1.29, 1.82) is 0 Å². The van der Waals surface area contributed by atoms with Crippen molar-refractivity contribution in [1.82, 2.24) is 4.90 Å². The summed E-state index contributed by atoms with van der Waals surface area (Å²) in [6, 6.07) is 22.2. The third-order valence-corrected chi connectivity index (χ3v) is 6.21. The Labute approximate surface area is 195 Å². The predicted octanol–water partition coefficient (Wildman–Crippen LogP) is 4.99. The number of thioether (sulfide) groups is 1. The first-order valence-corrected chi connectivity index (χ1v) is 11.2. The molecule has 1 aliphatic heterocycles. The number of ether oxygens (including phenoxy) is 1. The van der Waals surface area contributed by atoms with Crippen LogP contribution in [0.2, 0.25) is 0 Å². The molecule has 2 amide bonds. The van der Waals surface area contributed by atoms with Crippen molar-refractivity contribution in [2.45, 2.75) is 18.2 Å². The van der Waals surface area contributed by atoms with Crippen molar-refractivity contribution in [3.63, 3.8) is 0 Å². The van der Waals surface area contributed by atoms with Gasteiger partial charge in [0, 0.05) is 12.1 Å². The van der Waals surface area contributed by atoms with Gasteiger partial charge in [0.1, 0.15) is 16.8 Å². The van der Waals surface area contributed by atoms with Crippen LogP contribution in [0.15, 0.2) is 83.9 Å². The monoisotopic (exact) mass is 463 g/mol. The Morgan fingerprint density at radius 1 is 1.09 bits per heavy atom. The van der Waals surface area contributed by atoms with Gasteiger partial charge in [0.05, 0.1) is 19.3 Å². The molecule has 4 rings (SSSR count). The highest BCUT2D eigenvalue weighted by Gasteiger charge is 2.36. The number of aliphatic imine (C=N–C) groups is 1. The number of benzene rings is 3. The number of hydrogen-bond acceptors (Lipinski definition) is 5. The lowest BCUT2D eigenvalue weighted by molar-refractivity contribution is -0.129. The second-order valence-electron chi connectivity index (χ2n) is 7.36. The molecule has 6 nitrogen and oxygen atoms in total.